The fraction of sp³-hybridized carbons (Fsp3) is 0.500. The van der Waals surface area contributed by atoms with E-state index in [2.05, 4.69) is 33.9 Å². The van der Waals surface area contributed by atoms with Crippen molar-refractivity contribution in [3.8, 4) is 5.75 Å². The van der Waals surface area contributed by atoms with Crippen molar-refractivity contribution >= 4 is 10.9 Å². The van der Waals surface area contributed by atoms with Crippen LogP contribution in [0, 0.1) is 0 Å². The third kappa shape index (κ3) is 2.76. The van der Waals surface area contributed by atoms with E-state index in [1.54, 1.807) is 7.11 Å². The Hall–Kier alpha value is -1.48. The Morgan fingerprint density at radius 3 is 2.68 bits per heavy atom. The number of benzene rings is 1. The molecule has 0 N–H and O–H groups in total. The normalized spacial score (nSPS) is 16.9. The average Bonchev–Trinajstić information content (AvgIpc) is 2.88. The van der Waals surface area contributed by atoms with Gasteiger partial charge in [-0.05, 0) is 50.2 Å². The molecule has 0 aliphatic carbocycles. The van der Waals surface area contributed by atoms with Gasteiger partial charge in [0.25, 0.3) is 0 Å². The molecule has 19 heavy (non-hydrogen) atoms. The molecule has 0 spiro atoms. The van der Waals surface area contributed by atoms with Gasteiger partial charge in [0, 0.05) is 30.2 Å². The molecule has 0 atom stereocenters. The second-order valence-corrected chi connectivity index (χ2v) is 5.34. The van der Waals surface area contributed by atoms with Crippen LogP contribution in [-0.2, 0) is 6.54 Å². The first-order valence-corrected chi connectivity index (χ1v) is 7.22. The standard InChI is InChI=1S/C16H22N2O/c1-19-15-5-6-16-14(13-15)7-10-18(16)12-11-17-8-3-2-4-9-17/h5-7,10,13H,2-4,8-9,11-12H2,1H3. The largest absolute Gasteiger partial charge is 0.497 e. The van der Waals surface area contributed by atoms with Crippen molar-refractivity contribution in [1.29, 1.82) is 0 Å². The van der Waals surface area contributed by atoms with E-state index in [1.807, 2.05) is 6.07 Å². The molecule has 0 bridgehead atoms. The maximum Gasteiger partial charge on any atom is 0.119 e. The lowest BCUT2D eigenvalue weighted by atomic mass is 10.1. The minimum Gasteiger partial charge on any atom is -0.497 e. The molecule has 2 heterocycles. The van der Waals surface area contributed by atoms with Gasteiger partial charge in [-0.15, -0.1) is 0 Å². The highest BCUT2D eigenvalue weighted by molar-refractivity contribution is 5.81. The molecule has 3 heteroatoms. The number of aromatic nitrogens is 1. The van der Waals surface area contributed by atoms with Crippen LogP contribution in [0.4, 0.5) is 0 Å². The number of ether oxygens (including phenoxy) is 1. The zero-order valence-corrected chi connectivity index (χ0v) is 11.6. The summed E-state index contributed by atoms with van der Waals surface area (Å²) in [6.45, 7) is 4.78. The van der Waals surface area contributed by atoms with Crippen LogP contribution >= 0.6 is 0 Å². The molecule has 0 radical (unpaired) electrons. The lowest BCUT2D eigenvalue weighted by molar-refractivity contribution is 0.221. The smallest absolute Gasteiger partial charge is 0.119 e. The minimum atomic E-state index is 0.932. The minimum absolute atomic E-state index is 0.932. The van der Waals surface area contributed by atoms with Crippen LogP contribution < -0.4 is 4.74 Å². The number of methoxy groups -OCH3 is 1. The fourth-order valence-corrected chi connectivity index (χ4v) is 2.93. The first-order valence-electron chi connectivity index (χ1n) is 7.22. The van der Waals surface area contributed by atoms with Crippen LogP contribution in [0.1, 0.15) is 19.3 Å². The zero-order chi connectivity index (χ0) is 13.1. The first kappa shape index (κ1) is 12.5. The third-order valence-electron chi connectivity index (χ3n) is 4.08. The van der Waals surface area contributed by atoms with Crippen LogP contribution in [0.15, 0.2) is 30.5 Å². The van der Waals surface area contributed by atoms with Gasteiger partial charge in [-0.3, -0.25) is 0 Å². The van der Waals surface area contributed by atoms with Crippen molar-refractivity contribution in [2.75, 3.05) is 26.7 Å². The van der Waals surface area contributed by atoms with E-state index in [-0.39, 0.29) is 0 Å². The SMILES string of the molecule is COc1ccc2c(ccn2CCN2CCCCC2)c1. The molecule has 102 valence electrons. The molecule has 3 rings (SSSR count). The highest BCUT2D eigenvalue weighted by atomic mass is 16.5. The Labute approximate surface area is 114 Å². The zero-order valence-electron chi connectivity index (χ0n) is 11.6. The second-order valence-electron chi connectivity index (χ2n) is 5.34. The maximum absolute atomic E-state index is 5.27. The quantitative estimate of drug-likeness (QED) is 0.838. The van der Waals surface area contributed by atoms with Crippen LogP contribution in [0.5, 0.6) is 5.75 Å². The number of piperidine rings is 1. The van der Waals surface area contributed by atoms with Crippen molar-refractivity contribution in [3.63, 3.8) is 0 Å². The summed E-state index contributed by atoms with van der Waals surface area (Å²) in [4.78, 5) is 2.58. The molecular formula is C16H22N2O. The number of fused-ring (bicyclic) bond motifs is 1. The lowest BCUT2D eigenvalue weighted by Crippen LogP contribution is -2.32. The molecule has 3 nitrogen and oxygen atoms in total. The Bertz CT molecular complexity index is 541. The van der Waals surface area contributed by atoms with Crippen molar-refractivity contribution < 1.29 is 4.74 Å². The van der Waals surface area contributed by atoms with Gasteiger partial charge in [0.1, 0.15) is 5.75 Å². The van der Waals surface area contributed by atoms with Gasteiger partial charge in [-0.2, -0.15) is 0 Å². The van der Waals surface area contributed by atoms with E-state index in [1.165, 1.54) is 43.3 Å². The summed E-state index contributed by atoms with van der Waals surface area (Å²) in [7, 11) is 1.72. The average molecular weight is 258 g/mol. The summed E-state index contributed by atoms with van der Waals surface area (Å²) >= 11 is 0. The summed E-state index contributed by atoms with van der Waals surface area (Å²) in [5.41, 5.74) is 1.30. The van der Waals surface area contributed by atoms with E-state index in [0.29, 0.717) is 0 Å². The number of rotatable bonds is 4. The topological polar surface area (TPSA) is 17.4 Å². The summed E-state index contributed by atoms with van der Waals surface area (Å²) in [6.07, 6.45) is 6.32. The second kappa shape index (κ2) is 5.66. The van der Waals surface area contributed by atoms with Gasteiger partial charge in [-0.1, -0.05) is 6.42 Å². The van der Waals surface area contributed by atoms with Gasteiger partial charge >= 0.3 is 0 Å². The molecule has 2 aromatic rings. The molecular weight excluding hydrogens is 236 g/mol. The number of hydrogen-bond acceptors (Lipinski definition) is 2. The highest BCUT2D eigenvalue weighted by Gasteiger charge is 2.10. The fourth-order valence-electron chi connectivity index (χ4n) is 2.93. The lowest BCUT2D eigenvalue weighted by Gasteiger charge is -2.26. The number of likely N-dealkylation sites (tertiary alicyclic amines) is 1. The van der Waals surface area contributed by atoms with Crippen molar-refractivity contribution in [2.24, 2.45) is 0 Å². The van der Waals surface area contributed by atoms with Crippen LogP contribution in [0.2, 0.25) is 0 Å². The molecule has 1 aliphatic heterocycles. The summed E-state index contributed by atoms with van der Waals surface area (Å²) in [5.74, 6) is 0.932. The van der Waals surface area contributed by atoms with Gasteiger partial charge < -0.3 is 14.2 Å². The molecule has 1 aromatic carbocycles. The summed E-state index contributed by atoms with van der Waals surface area (Å²) < 4.78 is 7.62. The number of nitrogens with zero attached hydrogens (tertiary/aromatic N) is 2. The Morgan fingerprint density at radius 1 is 1.05 bits per heavy atom. The maximum atomic E-state index is 5.27. The van der Waals surface area contributed by atoms with Crippen LogP contribution in [0.25, 0.3) is 10.9 Å². The molecule has 0 unspecified atom stereocenters. The highest BCUT2D eigenvalue weighted by Crippen LogP contribution is 2.22. The van der Waals surface area contributed by atoms with Crippen molar-refractivity contribution in [1.82, 2.24) is 9.47 Å². The van der Waals surface area contributed by atoms with Gasteiger partial charge in [0.05, 0.1) is 7.11 Å². The van der Waals surface area contributed by atoms with E-state index in [9.17, 15) is 0 Å². The monoisotopic (exact) mass is 258 g/mol. The predicted octanol–water partition coefficient (Wildman–Crippen LogP) is 3.14. The van der Waals surface area contributed by atoms with E-state index in [4.69, 9.17) is 4.74 Å². The van der Waals surface area contributed by atoms with Gasteiger partial charge in [0.15, 0.2) is 0 Å². The molecule has 0 amide bonds. The van der Waals surface area contributed by atoms with E-state index in [0.717, 1.165) is 18.8 Å². The molecule has 1 aliphatic rings. The molecule has 1 fully saturated rings. The molecule has 1 saturated heterocycles. The van der Waals surface area contributed by atoms with E-state index < -0.39 is 0 Å². The Morgan fingerprint density at radius 2 is 1.89 bits per heavy atom. The van der Waals surface area contributed by atoms with E-state index >= 15 is 0 Å². The van der Waals surface area contributed by atoms with Crippen molar-refractivity contribution in [2.45, 2.75) is 25.8 Å². The van der Waals surface area contributed by atoms with Gasteiger partial charge in [-0.25, -0.2) is 0 Å². The molecule has 1 aromatic heterocycles. The van der Waals surface area contributed by atoms with Crippen LogP contribution in [-0.4, -0.2) is 36.2 Å². The molecule has 0 saturated carbocycles. The predicted molar refractivity (Wildman–Crippen MR) is 78.8 cm³/mol. The Kier molecular flexibility index (Phi) is 3.74. The van der Waals surface area contributed by atoms with Gasteiger partial charge in [0.2, 0.25) is 0 Å². The summed E-state index contributed by atoms with van der Waals surface area (Å²) in [5, 5.41) is 1.26. The summed E-state index contributed by atoms with van der Waals surface area (Å²) in [6, 6.07) is 8.48. The van der Waals surface area contributed by atoms with Crippen LogP contribution in [0.3, 0.4) is 0 Å². The Balaban J connectivity index is 1.70. The third-order valence-corrected chi connectivity index (χ3v) is 4.08. The number of hydrogen-bond donors (Lipinski definition) is 0. The first-order chi connectivity index (χ1) is 9.36. The van der Waals surface area contributed by atoms with Crippen molar-refractivity contribution in [3.05, 3.63) is 30.5 Å².